The quantitative estimate of drug-likeness (QED) is 0.932. The summed E-state index contributed by atoms with van der Waals surface area (Å²) >= 11 is 5.78. The zero-order valence-electron chi connectivity index (χ0n) is 10.6. The van der Waals surface area contributed by atoms with Crippen LogP contribution in [0.2, 0.25) is 5.02 Å². The van der Waals surface area contributed by atoms with Gasteiger partial charge in [0.05, 0.1) is 17.1 Å². The summed E-state index contributed by atoms with van der Waals surface area (Å²) in [5.74, 6) is 1.07. The molecule has 0 fully saturated rings. The van der Waals surface area contributed by atoms with Crippen LogP contribution in [0.15, 0.2) is 28.8 Å². The first kappa shape index (κ1) is 13.4. The van der Waals surface area contributed by atoms with Gasteiger partial charge >= 0.3 is 5.97 Å². The molecule has 0 atom stereocenters. The number of aromatic nitrogens is 1. The van der Waals surface area contributed by atoms with E-state index in [9.17, 15) is 4.79 Å². The minimum atomic E-state index is -1.07. The van der Waals surface area contributed by atoms with E-state index in [0.717, 1.165) is 11.5 Å². The van der Waals surface area contributed by atoms with Gasteiger partial charge in [-0.05, 0) is 25.1 Å². The average molecular weight is 281 g/mol. The summed E-state index contributed by atoms with van der Waals surface area (Å²) in [6.45, 7) is 2.37. The second kappa shape index (κ2) is 5.32. The second-order valence-corrected chi connectivity index (χ2v) is 4.60. The smallest absolute Gasteiger partial charge is 0.337 e. The monoisotopic (exact) mass is 280 g/mol. The summed E-state index contributed by atoms with van der Waals surface area (Å²) in [6, 6.07) is 5.20. The Bertz CT molecular complexity index is 610. The van der Waals surface area contributed by atoms with Crippen molar-refractivity contribution in [1.82, 2.24) is 4.98 Å². The van der Waals surface area contributed by atoms with E-state index in [2.05, 4.69) is 4.98 Å². The zero-order valence-corrected chi connectivity index (χ0v) is 11.3. The summed E-state index contributed by atoms with van der Waals surface area (Å²) in [6.07, 6.45) is 1.34. The number of carboxylic acid groups (broad SMARTS) is 1. The number of pyridine rings is 1. The summed E-state index contributed by atoms with van der Waals surface area (Å²) < 4.78 is 5.47. The number of carboxylic acids is 1. The van der Waals surface area contributed by atoms with Crippen LogP contribution in [-0.2, 0) is 6.54 Å². The van der Waals surface area contributed by atoms with E-state index in [1.54, 1.807) is 11.9 Å². The van der Waals surface area contributed by atoms with Crippen molar-refractivity contribution in [3.63, 3.8) is 0 Å². The van der Waals surface area contributed by atoms with E-state index in [4.69, 9.17) is 21.1 Å². The standard InChI is InChI=1S/C13H13ClN2O3/c1-8-3-4-9(19-8)7-16(2)12-5-10(13(17)18)11(14)6-15-12/h3-6H,7H2,1-2H3,(H,17,18). The fraction of sp³-hybridized carbons (Fsp3) is 0.231. The van der Waals surface area contributed by atoms with E-state index >= 15 is 0 Å². The Morgan fingerprint density at radius 2 is 2.26 bits per heavy atom. The molecule has 0 aliphatic heterocycles. The maximum atomic E-state index is 11.0. The van der Waals surface area contributed by atoms with Crippen molar-refractivity contribution < 1.29 is 14.3 Å². The Balaban J connectivity index is 2.21. The maximum absolute atomic E-state index is 11.0. The first-order chi connectivity index (χ1) is 8.97. The number of hydrogen-bond donors (Lipinski definition) is 1. The molecule has 2 rings (SSSR count). The first-order valence-corrected chi connectivity index (χ1v) is 6.00. The van der Waals surface area contributed by atoms with E-state index in [1.165, 1.54) is 12.3 Å². The number of aromatic carboxylic acids is 1. The lowest BCUT2D eigenvalue weighted by molar-refractivity contribution is 0.0697. The Kier molecular flexibility index (Phi) is 3.76. The Morgan fingerprint density at radius 1 is 1.53 bits per heavy atom. The highest BCUT2D eigenvalue weighted by molar-refractivity contribution is 6.33. The van der Waals surface area contributed by atoms with Crippen molar-refractivity contribution in [2.75, 3.05) is 11.9 Å². The Hall–Kier alpha value is -2.01. The molecule has 5 nitrogen and oxygen atoms in total. The van der Waals surface area contributed by atoms with Crippen LogP contribution in [0.25, 0.3) is 0 Å². The fourth-order valence-electron chi connectivity index (χ4n) is 1.69. The maximum Gasteiger partial charge on any atom is 0.337 e. The summed E-state index contributed by atoms with van der Waals surface area (Å²) in [5.41, 5.74) is 0.0362. The minimum Gasteiger partial charge on any atom is -0.478 e. The number of furan rings is 1. The van der Waals surface area contributed by atoms with Gasteiger partial charge in [-0.2, -0.15) is 0 Å². The van der Waals surface area contributed by atoms with Gasteiger partial charge in [0, 0.05) is 13.2 Å². The molecule has 0 amide bonds. The molecule has 0 unspecified atom stereocenters. The zero-order chi connectivity index (χ0) is 14.0. The third-order valence-corrected chi connectivity index (χ3v) is 2.95. The van der Waals surface area contributed by atoms with Crippen molar-refractivity contribution >= 4 is 23.4 Å². The molecule has 2 heterocycles. The number of carbonyl (C=O) groups is 1. The lowest BCUT2D eigenvalue weighted by atomic mass is 10.2. The lowest BCUT2D eigenvalue weighted by Crippen LogP contribution is -2.18. The number of aryl methyl sites for hydroxylation is 1. The molecular weight excluding hydrogens is 268 g/mol. The van der Waals surface area contributed by atoms with Gasteiger partial charge in [0.25, 0.3) is 0 Å². The van der Waals surface area contributed by atoms with Gasteiger partial charge in [-0.15, -0.1) is 0 Å². The minimum absolute atomic E-state index is 0.0362. The number of anilines is 1. The third-order valence-electron chi connectivity index (χ3n) is 2.65. The van der Waals surface area contributed by atoms with Crippen LogP contribution in [0.4, 0.5) is 5.82 Å². The highest BCUT2D eigenvalue weighted by Gasteiger charge is 2.13. The molecular formula is C13H13ClN2O3. The van der Waals surface area contributed by atoms with E-state index in [1.807, 2.05) is 19.1 Å². The summed E-state index contributed by atoms with van der Waals surface area (Å²) in [4.78, 5) is 16.9. The van der Waals surface area contributed by atoms with Crippen molar-refractivity contribution in [3.8, 4) is 0 Å². The first-order valence-electron chi connectivity index (χ1n) is 5.62. The predicted octanol–water partition coefficient (Wildman–Crippen LogP) is 2.97. The molecule has 0 aliphatic rings. The average Bonchev–Trinajstić information content (AvgIpc) is 2.74. The van der Waals surface area contributed by atoms with Crippen LogP contribution in [0.3, 0.4) is 0 Å². The van der Waals surface area contributed by atoms with Crippen LogP contribution in [-0.4, -0.2) is 23.1 Å². The van der Waals surface area contributed by atoms with Crippen molar-refractivity contribution in [3.05, 3.63) is 46.5 Å². The number of halogens is 1. The van der Waals surface area contributed by atoms with Crippen molar-refractivity contribution in [2.45, 2.75) is 13.5 Å². The van der Waals surface area contributed by atoms with Gasteiger partial charge in [-0.1, -0.05) is 11.6 Å². The summed E-state index contributed by atoms with van der Waals surface area (Å²) in [7, 11) is 1.81. The van der Waals surface area contributed by atoms with Gasteiger partial charge in [-0.25, -0.2) is 9.78 Å². The van der Waals surface area contributed by atoms with Crippen LogP contribution < -0.4 is 4.90 Å². The van der Waals surface area contributed by atoms with Crippen molar-refractivity contribution in [2.24, 2.45) is 0 Å². The van der Waals surface area contributed by atoms with E-state index in [-0.39, 0.29) is 10.6 Å². The number of nitrogens with zero attached hydrogens (tertiary/aromatic N) is 2. The molecule has 0 radical (unpaired) electrons. The normalized spacial score (nSPS) is 10.5. The van der Waals surface area contributed by atoms with Gasteiger partial charge in [0.15, 0.2) is 0 Å². The summed E-state index contributed by atoms with van der Waals surface area (Å²) in [5, 5.41) is 9.14. The fourth-order valence-corrected chi connectivity index (χ4v) is 1.87. The molecule has 6 heteroatoms. The number of hydrogen-bond acceptors (Lipinski definition) is 4. The topological polar surface area (TPSA) is 66.6 Å². The van der Waals surface area contributed by atoms with Crippen molar-refractivity contribution in [1.29, 1.82) is 0 Å². The van der Waals surface area contributed by atoms with E-state index in [0.29, 0.717) is 12.4 Å². The highest BCUT2D eigenvalue weighted by Crippen LogP contribution is 2.21. The van der Waals surface area contributed by atoms with Crippen LogP contribution in [0.5, 0.6) is 0 Å². The Labute approximate surface area is 115 Å². The molecule has 0 spiro atoms. The molecule has 0 bridgehead atoms. The predicted molar refractivity (Wildman–Crippen MR) is 71.8 cm³/mol. The molecule has 1 N–H and O–H groups in total. The molecule has 0 aromatic carbocycles. The molecule has 2 aromatic heterocycles. The van der Waals surface area contributed by atoms with Gasteiger partial charge in [-0.3, -0.25) is 0 Å². The second-order valence-electron chi connectivity index (χ2n) is 4.20. The number of rotatable bonds is 4. The molecule has 100 valence electrons. The SMILES string of the molecule is Cc1ccc(CN(C)c2cc(C(=O)O)c(Cl)cn2)o1. The van der Waals surface area contributed by atoms with Crippen LogP contribution >= 0.6 is 11.6 Å². The molecule has 0 saturated carbocycles. The van der Waals surface area contributed by atoms with Gasteiger partial charge < -0.3 is 14.4 Å². The van der Waals surface area contributed by atoms with E-state index < -0.39 is 5.97 Å². The van der Waals surface area contributed by atoms with Crippen LogP contribution in [0.1, 0.15) is 21.9 Å². The molecule has 19 heavy (non-hydrogen) atoms. The molecule has 2 aromatic rings. The van der Waals surface area contributed by atoms with Crippen LogP contribution in [0, 0.1) is 6.92 Å². The molecule has 0 aliphatic carbocycles. The third kappa shape index (κ3) is 3.06. The van der Waals surface area contributed by atoms with Gasteiger partial charge in [0.1, 0.15) is 17.3 Å². The lowest BCUT2D eigenvalue weighted by Gasteiger charge is -2.17. The molecule has 0 saturated heterocycles. The van der Waals surface area contributed by atoms with Gasteiger partial charge in [0.2, 0.25) is 0 Å². The Morgan fingerprint density at radius 3 is 2.84 bits per heavy atom. The largest absolute Gasteiger partial charge is 0.478 e. The highest BCUT2D eigenvalue weighted by atomic mass is 35.5.